The lowest BCUT2D eigenvalue weighted by atomic mass is 10.1. The Hall–Kier alpha value is -3.79. The molecule has 4 aromatic rings. The zero-order chi connectivity index (χ0) is 19.9. The number of fused-ring (bicyclic) bond motifs is 1. The molecule has 0 bridgehead atoms. The molecular formula is C25H22N2O2. The van der Waals surface area contributed by atoms with Gasteiger partial charge in [0.15, 0.2) is 0 Å². The van der Waals surface area contributed by atoms with Crippen LogP contribution in [0.3, 0.4) is 0 Å². The molecule has 0 atom stereocenters. The minimum atomic E-state index is -0.0929. The fraction of sp³-hybridized carbons (Fsp3) is 0.0800. The van der Waals surface area contributed by atoms with Crippen molar-refractivity contribution in [3.63, 3.8) is 0 Å². The summed E-state index contributed by atoms with van der Waals surface area (Å²) < 4.78 is 5.78. The summed E-state index contributed by atoms with van der Waals surface area (Å²) in [5, 5.41) is 8.32. The molecule has 29 heavy (non-hydrogen) atoms. The molecule has 0 spiro atoms. The van der Waals surface area contributed by atoms with Crippen LogP contribution in [0.25, 0.3) is 10.8 Å². The van der Waals surface area contributed by atoms with Crippen LogP contribution in [0, 0.1) is 0 Å². The summed E-state index contributed by atoms with van der Waals surface area (Å²) in [5.74, 6) is 0.699. The maximum absolute atomic E-state index is 12.2. The molecule has 0 radical (unpaired) electrons. The van der Waals surface area contributed by atoms with Gasteiger partial charge in [-0.15, -0.1) is 0 Å². The quantitative estimate of drug-likeness (QED) is 0.446. The van der Waals surface area contributed by atoms with Crippen LogP contribution < -0.4 is 15.4 Å². The van der Waals surface area contributed by atoms with Crippen molar-refractivity contribution in [1.29, 1.82) is 0 Å². The van der Waals surface area contributed by atoms with Gasteiger partial charge < -0.3 is 15.4 Å². The van der Waals surface area contributed by atoms with Gasteiger partial charge in [0.25, 0.3) is 0 Å². The highest BCUT2D eigenvalue weighted by atomic mass is 16.5. The van der Waals surface area contributed by atoms with E-state index in [2.05, 4.69) is 16.7 Å². The highest BCUT2D eigenvalue weighted by Crippen LogP contribution is 2.19. The summed E-state index contributed by atoms with van der Waals surface area (Å²) in [6, 6.07) is 31.6. The summed E-state index contributed by atoms with van der Waals surface area (Å²) in [4.78, 5) is 12.2. The second-order valence-electron chi connectivity index (χ2n) is 6.76. The first-order chi connectivity index (χ1) is 14.3. The summed E-state index contributed by atoms with van der Waals surface area (Å²) in [6.07, 6.45) is 0. The molecule has 0 unspecified atom stereocenters. The fourth-order valence-corrected chi connectivity index (χ4v) is 3.06. The maximum atomic E-state index is 12.2. The second kappa shape index (κ2) is 8.93. The molecule has 4 aromatic carbocycles. The van der Waals surface area contributed by atoms with Gasteiger partial charge >= 0.3 is 0 Å². The van der Waals surface area contributed by atoms with E-state index in [1.807, 2.05) is 91.0 Å². The van der Waals surface area contributed by atoms with Gasteiger partial charge in [-0.2, -0.15) is 0 Å². The molecule has 0 aromatic heterocycles. The van der Waals surface area contributed by atoms with Gasteiger partial charge in [0, 0.05) is 11.4 Å². The number of ether oxygens (including phenoxy) is 1. The first-order valence-corrected chi connectivity index (χ1v) is 9.56. The smallest absolute Gasteiger partial charge is 0.243 e. The predicted molar refractivity (Wildman–Crippen MR) is 118 cm³/mol. The van der Waals surface area contributed by atoms with Gasteiger partial charge in [-0.05, 0) is 52.7 Å². The van der Waals surface area contributed by atoms with Crippen LogP contribution in [0.15, 0.2) is 97.1 Å². The number of hydrogen-bond acceptors (Lipinski definition) is 3. The molecule has 2 N–H and O–H groups in total. The largest absolute Gasteiger partial charge is 0.489 e. The number of carbonyl (C=O) groups is 1. The van der Waals surface area contributed by atoms with Crippen LogP contribution in [0.2, 0.25) is 0 Å². The van der Waals surface area contributed by atoms with E-state index in [4.69, 9.17) is 4.74 Å². The van der Waals surface area contributed by atoms with Crippen LogP contribution >= 0.6 is 0 Å². The highest BCUT2D eigenvalue weighted by molar-refractivity contribution is 5.96. The van der Waals surface area contributed by atoms with Crippen molar-refractivity contribution in [2.24, 2.45) is 0 Å². The predicted octanol–water partition coefficient (Wildman–Crippen LogP) is 5.47. The van der Waals surface area contributed by atoms with E-state index in [1.165, 1.54) is 0 Å². The number of carbonyl (C=O) groups excluding carboxylic acids is 1. The molecule has 4 rings (SSSR count). The summed E-state index contributed by atoms with van der Waals surface area (Å²) in [7, 11) is 0. The SMILES string of the molecule is O=C(CNc1ccc(OCc2ccccc2)cc1)Nc1ccc2ccccc2c1. The monoisotopic (exact) mass is 382 g/mol. The van der Waals surface area contributed by atoms with Crippen molar-refractivity contribution < 1.29 is 9.53 Å². The molecule has 4 nitrogen and oxygen atoms in total. The Morgan fingerprint density at radius 2 is 1.41 bits per heavy atom. The van der Waals surface area contributed by atoms with Crippen molar-refractivity contribution in [2.45, 2.75) is 6.61 Å². The number of benzene rings is 4. The van der Waals surface area contributed by atoms with E-state index >= 15 is 0 Å². The third-order valence-corrected chi connectivity index (χ3v) is 4.59. The van der Waals surface area contributed by atoms with Crippen LogP contribution in [-0.4, -0.2) is 12.5 Å². The van der Waals surface area contributed by atoms with Crippen molar-refractivity contribution in [1.82, 2.24) is 0 Å². The second-order valence-corrected chi connectivity index (χ2v) is 6.76. The highest BCUT2D eigenvalue weighted by Gasteiger charge is 2.04. The Labute approximate surface area is 170 Å². The Morgan fingerprint density at radius 1 is 0.724 bits per heavy atom. The number of anilines is 2. The van der Waals surface area contributed by atoms with Gasteiger partial charge in [-0.25, -0.2) is 0 Å². The lowest BCUT2D eigenvalue weighted by Gasteiger charge is -2.10. The van der Waals surface area contributed by atoms with E-state index < -0.39 is 0 Å². The van der Waals surface area contributed by atoms with Crippen molar-refractivity contribution >= 4 is 28.1 Å². The number of nitrogens with one attached hydrogen (secondary N) is 2. The summed E-state index contributed by atoms with van der Waals surface area (Å²) >= 11 is 0. The third kappa shape index (κ3) is 5.14. The van der Waals surface area contributed by atoms with Crippen LogP contribution in [0.1, 0.15) is 5.56 Å². The standard InChI is InChI=1S/C25H22N2O2/c28-25(27-23-11-10-20-8-4-5-9-21(20)16-23)17-26-22-12-14-24(15-13-22)29-18-19-6-2-1-3-7-19/h1-16,26H,17-18H2,(H,27,28). The number of amides is 1. The molecule has 0 saturated carbocycles. The molecule has 0 aliphatic rings. The first kappa shape index (κ1) is 18.6. The fourth-order valence-electron chi connectivity index (χ4n) is 3.06. The summed E-state index contributed by atoms with van der Waals surface area (Å²) in [6.45, 7) is 0.721. The number of rotatable bonds is 7. The van der Waals surface area contributed by atoms with E-state index in [0.29, 0.717) is 6.61 Å². The Kier molecular flexibility index (Phi) is 5.72. The first-order valence-electron chi connectivity index (χ1n) is 9.56. The Bertz CT molecular complexity index is 1090. The lowest BCUT2D eigenvalue weighted by molar-refractivity contribution is -0.114. The molecule has 0 heterocycles. The van der Waals surface area contributed by atoms with Crippen molar-refractivity contribution in [3.8, 4) is 5.75 Å². The van der Waals surface area contributed by atoms with Gasteiger partial charge in [-0.3, -0.25) is 4.79 Å². The molecule has 4 heteroatoms. The average molecular weight is 382 g/mol. The average Bonchev–Trinajstić information content (AvgIpc) is 2.77. The molecule has 0 saturated heterocycles. The van der Waals surface area contributed by atoms with E-state index in [0.717, 1.165) is 33.5 Å². The normalized spacial score (nSPS) is 10.5. The van der Waals surface area contributed by atoms with Gasteiger partial charge in [0.2, 0.25) is 5.91 Å². The Balaban J connectivity index is 1.27. The van der Waals surface area contributed by atoms with E-state index in [-0.39, 0.29) is 12.5 Å². The Morgan fingerprint density at radius 3 is 2.21 bits per heavy atom. The third-order valence-electron chi connectivity index (χ3n) is 4.59. The lowest BCUT2D eigenvalue weighted by Crippen LogP contribution is -2.21. The molecule has 0 aliphatic carbocycles. The van der Waals surface area contributed by atoms with Gasteiger partial charge in [0.05, 0.1) is 6.54 Å². The van der Waals surface area contributed by atoms with Crippen LogP contribution in [0.5, 0.6) is 5.75 Å². The molecule has 1 amide bonds. The van der Waals surface area contributed by atoms with Crippen molar-refractivity contribution in [2.75, 3.05) is 17.2 Å². The van der Waals surface area contributed by atoms with Crippen LogP contribution in [0.4, 0.5) is 11.4 Å². The summed E-state index contributed by atoms with van der Waals surface area (Å²) in [5.41, 5.74) is 2.78. The molecule has 144 valence electrons. The van der Waals surface area contributed by atoms with Gasteiger partial charge in [-0.1, -0.05) is 60.7 Å². The zero-order valence-electron chi connectivity index (χ0n) is 16.0. The molecule has 0 fully saturated rings. The molecular weight excluding hydrogens is 360 g/mol. The minimum Gasteiger partial charge on any atom is -0.489 e. The zero-order valence-corrected chi connectivity index (χ0v) is 16.0. The minimum absolute atomic E-state index is 0.0929. The van der Waals surface area contributed by atoms with E-state index in [1.54, 1.807) is 0 Å². The van der Waals surface area contributed by atoms with Gasteiger partial charge in [0.1, 0.15) is 12.4 Å². The van der Waals surface area contributed by atoms with E-state index in [9.17, 15) is 4.79 Å². The topological polar surface area (TPSA) is 50.4 Å². The number of hydrogen-bond donors (Lipinski definition) is 2. The molecule has 0 aliphatic heterocycles. The van der Waals surface area contributed by atoms with Crippen LogP contribution in [-0.2, 0) is 11.4 Å². The maximum Gasteiger partial charge on any atom is 0.243 e. The van der Waals surface area contributed by atoms with Crippen molar-refractivity contribution in [3.05, 3.63) is 103 Å².